The van der Waals surface area contributed by atoms with Gasteiger partial charge in [-0.2, -0.15) is 0 Å². The minimum atomic E-state index is -0.0767. The van der Waals surface area contributed by atoms with Crippen molar-refractivity contribution in [3.05, 3.63) is 12.4 Å². The quantitative estimate of drug-likeness (QED) is 0.742. The van der Waals surface area contributed by atoms with Crippen LogP contribution in [0, 0.1) is 5.92 Å². The Morgan fingerprint density at radius 1 is 1.00 bits per heavy atom. The van der Waals surface area contributed by atoms with Crippen LogP contribution in [0.5, 0.6) is 0 Å². The summed E-state index contributed by atoms with van der Waals surface area (Å²) in [7, 11) is 2.14. The van der Waals surface area contributed by atoms with E-state index in [0.717, 1.165) is 50.9 Å². The smallest absolute Gasteiger partial charge is 0.227 e. The zero-order valence-corrected chi connectivity index (χ0v) is 16.5. The fraction of sp³-hybridized carbons (Fsp3) is 0.684. The lowest BCUT2D eigenvalue weighted by molar-refractivity contribution is -0.137. The fourth-order valence-electron chi connectivity index (χ4n) is 4.08. The molecule has 1 aromatic rings. The standard InChI is InChI=1S/C19H29N7O2/c1-23-4-6-24(7-5-23)16-12-17(22-14-21-16)25-8-10-26(11-9-25)19(28)15-2-3-18(27)20-13-15/h12,14-15H,2-11,13H2,1H3,(H,20,27). The minimum Gasteiger partial charge on any atom is -0.355 e. The second kappa shape index (κ2) is 8.30. The largest absolute Gasteiger partial charge is 0.355 e. The normalized spacial score (nSPS) is 24.2. The lowest BCUT2D eigenvalue weighted by Gasteiger charge is -2.38. The van der Waals surface area contributed by atoms with E-state index in [1.165, 1.54) is 0 Å². The Bertz CT molecular complexity index is 702. The maximum atomic E-state index is 12.7. The topological polar surface area (TPSA) is 84.9 Å². The number of piperidine rings is 1. The fourth-order valence-corrected chi connectivity index (χ4v) is 4.08. The van der Waals surface area contributed by atoms with Crippen LogP contribution in [0.15, 0.2) is 12.4 Å². The summed E-state index contributed by atoms with van der Waals surface area (Å²) in [6, 6.07) is 2.07. The highest BCUT2D eigenvalue weighted by atomic mass is 16.2. The van der Waals surface area contributed by atoms with E-state index in [0.29, 0.717) is 32.5 Å². The van der Waals surface area contributed by atoms with Crippen LogP contribution in [0.25, 0.3) is 0 Å². The highest BCUT2D eigenvalue weighted by Gasteiger charge is 2.30. The molecule has 4 heterocycles. The highest BCUT2D eigenvalue weighted by Crippen LogP contribution is 2.21. The number of likely N-dealkylation sites (N-methyl/N-ethyl adjacent to an activating group) is 1. The van der Waals surface area contributed by atoms with E-state index in [2.05, 4.69) is 43.1 Å². The van der Waals surface area contributed by atoms with Crippen molar-refractivity contribution in [3.63, 3.8) is 0 Å². The van der Waals surface area contributed by atoms with Crippen LogP contribution in [0.2, 0.25) is 0 Å². The molecular weight excluding hydrogens is 358 g/mol. The average molecular weight is 387 g/mol. The summed E-state index contributed by atoms with van der Waals surface area (Å²) in [5.74, 6) is 2.05. The van der Waals surface area contributed by atoms with Gasteiger partial charge in [0.2, 0.25) is 11.8 Å². The molecule has 3 aliphatic rings. The van der Waals surface area contributed by atoms with Gasteiger partial charge in [0.15, 0.2) is 0 Å². The first-order valence-corrected chi connectivity index (χ1v) is 10.2. The van der Waals surface area contributed by atoms with Crippen LogP contribution in [-0.4, -0.2) is 97.5 Å². The number of nitrogens with zero attached hydrogens (tertiary/aromatic N) is 6. The third kappa shape index (κ3) is 4.19. The second-order valence-electron chi connectivity index (χ2n) is 7.88. The molecule has 1 atom stereocenters. The molecule has 0 spiro atoms. The van der Waals surface area contributed by atoms with Gasteiger partial charge in [-0.05, 0) is 13.5 Å². The Labute approximate surface area is 165 Å². The predicted octanol–water partition coefficient (Wildman–Crippen LogP) is -0.597. The van der Waals surface area contributed by atoms with Gasteiger partial charge >= 0.3 is 0 Å². The van der Waals surface area contributed by atoms with Gasteiger partial charge in [-0.3, -0.25) is 9.59 Å². The molecule has 0 bridgehead atoms. The lowest BCUT2D eigenvalue weighted by atomic mass is 9.97. The Morgan fingerprint density at radius 3 is 2.18 bits per heavy atom. The van der Waals surface area contributed by atoms with Crippen molar-refractivity contribution in [2.45, 2.75) is 12.8 Å². The lowest BCUT2D eigenvalue weighted by Crippen LogP contribution is -2.52. The van der Waals surface area contributed by atoms with Crippen LogP contribution in [-0.2, 0) is 9.59 Å². The first kappa shape index (κ1) is 18.9. The number of anilines is 2. The number of hydrogen-bond donors (Lipinski definition) is 1. The number of carbonyl (C=O) groups is 2. The first-order valence-electron chi connectivity index (χ1n) is 10.2. The third-order valence-corrected chi connectivity index (χ3v) is 6.00. The number of rotatable bonds is 3. The van der Waals surface area contributed by atoms with E-state index in [1.54, 1.807) is 6.33 Å². The third-order valence-electron chi connectivity index (χ3n) is 6.00. The molecule has 9 nitrogen and oxygen atoms in total. The highest BCUT2D eigenvalue weighted by molar-refractivity contribution is 5.84. The Balaban J connectivity index is 1.33. The molecule has 2 amide bonds. The maximum absolute atomic E-state index is 12.7. The number of amides is 2. The molecule has 3 fully saturated rings. The van der Waals surface area contributed by atoms with E-state index < -0.39 is 0 Å². The van der Waals surface area contributed by atoms with Crippen molar-refractivity contribution in [2.24, 2.45) is 5.92 Å². The van der Waals surface area contributed by atoms with E-state index in [-0.39, 0.29) is 17.7 Å². The molecular formula is C19H29N7O2. The molecule has 1 unspecified atom stereocenters. The first-order chi connectivity index (χ1) is 13.6. The molecule has 0 saturated carbocycles. The van der Waals surface area contributed by atoms with E-state index in [1.807, 2.05) is 4.90 Å². The van der Waals surface area contributed by atoms with Crippen LogP contribution in [0.3, 0.4) is 0 Å². The summed E-state index contributed by atoms with van der Waals surface area (Å²) in [6.07, 6.45) is 2.75. The van der Waals surface area contributed by atoms with Gasteiger partial charge < -0.3 is 24.9 Å². The van der Waals surface area contributed by atoms with Gasteiger partial charge in [-0.1, -0.05) is 0 Å². The summed E-state index contributed by atoms with van der Waals surface area (Å²) in [5.41, 5.74) is 0. The Hall–Kier alpha value is -2.42. The molecule has 3 aliphatic heterocycles. The van der Waals surface area contributed by atoms with Gasteiger partial charge in [-0.25, -0.2) is 9.97 Å². The van der Waals surface area contributed by atoms with Crippen molar-refractivity contribution >= 4 is 23.5 Å². The van der Waals surface area contributed by atoms with Gasteiger partial charge in [0.05, 0.1) is 5.92 Å². The Kier molecular flexibility index (Phi) is 5.61. The minimum absolute atomic E-state index is 0.0498. The van der Waals surface area contributed by atoms with Crippen molar-refractivity contribution in [3.8, 4) is 0 Å². The molecule has 152 valence electrons. The molecule has 1 aromatic heterocycles. The predicted molar refractivity (Wildman–Crippen MR) is 106 cm³/mol. The van der Waals surface area contributed by atoms with E-state index in [9.17, 15) is 9.59 Å². The van der Waals surface area contributed by atoms with Crippen LogP contribution >= 0.6 is 0 Å². The van der Waals surface area contributed by atoms with E-state index >= 15 is 0 Å². The summed E-state index contributed by atoms with van der Waals surface area (Å²) in [5, 5.41) is 2.81. The molecule has 0 aliphatic carbocycles. The van der Waals surface area contributed by atoms with Crippen molar-refractivity contribution in [1.29, 1.82) is 0 Å². The molecule has 0 radical (unpaired) electrons. The molecule has 3 saturated heterocycles. The number of nitrogens with one attached hydrogen (secondary N) is 1. The summed E-state index contributed by atoms with van der Waals surface area (Å²) in [6.45, 7) is 7.43. The van der Waals surface area contributed by atoms with Gasteiger partial charge in [0.1, 0.15) is 18.0 Å². The number of aromatic nitrogens is 2. The van der Waals surface area contributed by atoms with Gasteiger partial charge in [0, 0.05) is 71.4 Å². The zero-order chi connectivity index (χ0) is 19.5. The molecule has 0 aromatic carbocycles. The van der Waals surface area contributed by atoms with Gasteiger partial charge in [-0.15, -0.1) is 0 Å². The SMILES string of the molecule is CN1CCN(c2cc(N3CCN(C(=O)C4CCC(=O)NC4)CC3)ncn2)CC1. The zero-order valence-electron chi connectivity index (χ0n) is 16.5. The molecule has 9 heteroatoms. The average Bonchev–Trinajstić information content (AvgIpc) is 2.74. The Morgan fingerprint density at radius 2 is 1.61 bits per heavy atom. The summed E-state index contributed by atoms with van der Waals surface area (Å²) >= 11 is 0. The number of carbonyl (C=O) groups excluding carboxylic acids is 2. The van der Waals surface area contributed by atoms with Crippen LogP contribution < -0.4 is 15.1 Å². The van der Waals surface area contributed by atoms with Gasteiger partial charge in [0.25, 0.3) is 0 Å². The van der Waals surface area contributed by atoms with E-state index in [4.69, 9.17) is 0 Å². The van der Waals surface area contributed by atoms with Crippen molar-refractivity contribution in [1.82, 2.24) is 25.1 Å². The molecule has 28 heavy (non-hydrogen) atoms. The van der Waals surface area contributed by atoms with Crippen LogP contribution in [0.4, 0.5) is 11.6 Å². The molecule has 1 N–H and O–H groups in total. The van der Waals surface area contributed by atoms with Crippen molar-refractivity contribution < 1.29 is 9.59 Å². The second-order valence-corrected chi connectivity index (χ2v) is 7.88. The number of hydrogen-bond acceptors (Lipinski definition) is 7. The van der Waals surface area contributed by atoms with Crippen molar-refractivity contribution in [2.75, 3.05) is 75.8 Å². The maximum Gasteiger partial charge on any atom is 0.227 e. The molecule has 4 rings (SSSR count). The van der Waals surface area contributed by atoms with Crippen LogP contribution in [0.1, 0.15) is 12.8 Å². The monoisotopic (exact) mass is 387 g/mol. The summed E-state index contributed by atoms with van der Waals surface area (Å²) in [4.78, 5) is 41.7. The number of piperazine rings is 2. The summed E-state index contributed by atoms with van der Waals surface area (Å²) < 4.78 is 0.